The fourth-order valence-corrected chi connectivity index (χ4v) is 2.28. The molecule has 0 fully saturated rings. The van der Waals surface area contributed by atoms with Gasteiger partial charge in [0.15, 0.2) is 0 Å². The number of carbonyl (C=O) groups is 1. The second-order valence-corrected chi connectivity index (χ2v) is 11.0. The fourth-order valence-electron chi connectivity index (χ4n) is 1.40. The minimum absolute atomic E-state index is 0.0148. The van der Waals surface area contributed by atoms with Crippen LogP contribution in [-0.2, 0) is 9.22 Å². The van der Waals surface area contributed by atoms with Gasteiger partial charge in [-0.05, 0) is 30.3 Å². The van der Waals surface area contributed by atoms with E-state index in [0.29, 0.717) is 0 Å². The standard InChI is InChI=1S/C16H24O3Si/c1-16(2,3)20(5,6)19-15(17)12-11-13-9-7-8-10-14(13)18-4/h7-12H,1-6H3/b12-11+. The van der Waals surface area contributed by atoms with Crippen LogP contribution < -0.4 is 4.74 Å². The maximum absolute atomic E-state index is 12.0. The number of methoxy groups -OCH3 is 1. The average molecular weight is 292 g/mol. The molecule has 20 heavy (non-hydrogen) atoms. The van der Waals surface area contributed by atoms with Crippen LogP contribution in [0.3, 0.4) is 0 Å². The molecule has 0 spiro atoms. The van der Waals surface area contributed by atoms with E-state index in [1.54, 1.807) is 13.2 Å². The fraction of sp³-hybridized carbons (Fsp3) is 0.438. The lowest BCUT2D eigenvalue weighted by molar-refractivity contribution is -0.129. The number of rotatable bonds is 4. The Bertz CT molecular complexity index is 499. The Morgan fingerprint density at radius 2 is 1.80 bits per heavy atom. The van der Waals surface area contributed by atoms with Crippen LogP contribution in [0.2, 0.25) is 18.1 Å². The van der Waals surface area contributed by atoms with Gasteiger partial charge in [-0.15, -0.1) is 0 Å². The molecule has 0 aliphatic carbocycles. The molecule has 0 saturated carbocycles. The SMILES string of the molecule is COc1ccccc1/C=C/C(=O)O[Si](C)(C)C(C)(C)C. The molecule has 0 radical (unpaired) electrons. The van der Waals surface area contributed by atoms with E-state index in [0.717, 1.165) is 11.3 Å². The summed E-state index contributed by atoms with van der Waals surface area (Å²) < 4.78 is 10.9. The van der Waals surface area contributed by atoms with Crippen molar-refractivity contribution in [2.45, 2.75) is 38.9 Å². The van der Waals surface area contributed by atoms with E-state index in [-0.39, 0.29) is 11.0 Å². The number of hydrogen-bond acceptors (Lipinski definition) is 3. The highest BCUT2D eigenvalue weighted by Gasteiger charge is 2.39. The summed E-state index contributed by atoms with van der Waals surface area (Å²) in [5, 5.41) is 0.0148. The van der Waals surface area contributed by atoms with Crippen molar-refractivity contribution < 1.29 is 14.0 Å². The van der Waals surface area contributed by atoms with Gasteiger partial charge in [-0.25, -0.2) is 4.79 Å². The largest absolute Gasteiger partial charge is 0.516 e. The maximum Gasteiger partial charge on any atom is 0.317 e. The smallest absolute Gasteiger partial charge is 0.317 e. The molecule has 0 saturated heterocycles. The first-order valence-corrected chi connectivity index (χ1v) is 9.62. The van der Waals surface area contributed by atoms with Crippen LogP contribution in [-0.4, -0.2) is 21.4 Å². The highest BCUT2D eigenvalue weighted by Crippen LogP contribution is 2.36. The van der Waals surface area contributed by atoms with E-state index in [2.05, 4.69) is 33.9 Å². The zero-order valence-electron chi connectivity index (χ0n) is 13.2. The van der Waals surface area contributed by atoms with E-state index in [1.165, 1.54) is 6.08 Å². The van der Waals surface area contributed by atoms with E-state index in [1.807, 2.05) is 24.3 Å². The molecule has 0 aromatic heterocycles. The van der Waals surface area contributed by atoms with Crippen LogP contribution in [0.4, 0.5) is 0 Å². The molecule has 0 amide bonds. The Balaban J connectivity index is 2.79. The lowest BCUT2D eigenvalue weighted by Gasteiger charge is -2.34. The lowest BCUT2D eigenvalue weighted by Crippen LogP contribution is -2.42. The van der Waals surface area contributed by atoms with Gasteiger partial charge in [0.05, 0.1) is 7.11 Å². The van der Waals surface area contributed by atoms with Crippen molar-refractivity contribution in [1.82, 2.24) is 0 Å². The zero-order chi connectivity index (χ0) is 15.4. The van der Waals surface area contributed by atoms with Crippen molar-refractivity contribution in [3.05, 3.63) is 35.9 Å². The summed E-state index contributed by atoms with van der Waals surface area (Å²) >= 11 is 0. The Hall–Kier alpha value is -1.55. The van der Waals surface area contributed by atoms with Gasteiger partial charge in [-0.2, -0.15) is 0 Å². The van der Waals surface area contributed by atoms with Crippen molar-refractivity contribution in [3.8, 4) is 5.75 Å². The molecule has 0 N–H and O–H groups in total. The van der Waals surface area contributed by atoms with Crippen LogP contribution in [0.1, 0.15) is 26.3 Å². The summed E-state index contributed by atoms with van der Waals surface area (Å²) in [4.78, 5) is 12.0. The van der Waals surface area contributed by atoms with Crippen molar-refractivity contribution in [3.63, 3.8) is 0 Å². The van der Waals surface area contributed by atoms with Crippen LogP contribution in [0.15, 0.2) is 30.3 Å². The van der Waals surface area contributed by atoms with Gasteiger partial charge in [0.25, 0.3) is 8.32 Å². The molecule has 1 rings (SSSR count). The summed E-state index contributed by atoms with van der Waals surface area (Å²) in [6, 6.07) is 7.55. The van der Waals surface area contributed by atoms with Crippen LogP contribution in [0, 0.1) is 0 Å². The molecule has 0 bridgehead atoms. The molecule has 0 heterocycles. The Morgan fingerprint density at radius 3 is 2.35 bits per heavy atom. The summed E-state index contributed by atoms with van der Waals surface area (Å²) in [5.41, 5.74) is 0.863. The third kappa shape index (κ3) is 4.23. The molecule has 1 aromatic rings. The molecule has 0 aliphatic heterocycles. The van der Waals surface area contributed by atoms with Gasteiger partial charge in [0.1, 0.15) is 5.75 Å². The monoisotopic (exact) mass is 292 g/mol. The molecule has 4 heteroatoms. The normalized spacial score (nSPS) is 12.5. The van der Waals surface area contributed by atoms with E-state index in [4.69, 9.17) is 9.16 Å². The third-order valence-electron chi connectivity index (χ3n) is 3.70. The molecule has 0 aliphatic rings. The second-order valence-electron chi connectivity index (χ2n) is 6.26. The van der Waals surface area contributed by atoms with Gasteiger partial charge in [-0.3, -0.25) is 0 Å². The van der Waals surface area contributed by atoms with Crippen LogP contribution >= 0.6 is 0 Å². The molecule has 0 atom stereocenters. The Morgan fingerprint density at radius 1 is 1.20 bits per heavy atom. The Labute approximate surface area is 122 Å². The van der Waals surface area contributed by atoms with Gasteiger partial charge in [0.2, 0.25) is 0 Å². The van der Waals surface area contributed by atoms with Crippen molar-refractivity contribution >= 4 is 20.4 Å². The topological polar surface area (TPSA) is 35.5 Å². The molecular weight excluding hydrogens is 268 g/mol. The van der Waals surface area contributed by atoms with Crippen molar-refractivity contribution in [2.24, 2.45) is 0 Å². The highest BCUT2D eigenvalue weighted by atomic mass is 28.4. The summed E-state index contributed by atoms with van der Waals surface area (Å²) in [5.74, 6) is 0.450. The van der Waals surface area contributed by atoms with E-state index >= 15 is 0 Å². The van der Waals surface area contributed by atoms with Gasteiger partial charge in [-0.1, -0.05) is 39.0 Å². The summed E-state index contributed by atoms with van der Waals surface area (Å²) in [6.07, 6.45) is 3.20. The molecular formula is C16H24O3Si. The van der Waals surface area contributed by atoms with Gasteiger partial charge in [0, 0.05) is 11.6 Å². The first-order valence-electron chi connectivity index (χ1n) is 6.71. The van der Waals surface area contributed by atoms with Crippen molar-refractivity contribution in [2.75, 3.05) is 7.11 Å². The maximum atomic E-state index is 12.0. The number of ether oxygens (including phenoxy) is 1. The third-order valence-corrected chi connectivity index (χ3v) is 8.02. The second kappa shape index (κ2) is 6.26. The van der Waals surface area contributed by atoms with E-state index < -0.39 is 8.32 Å². The first-order chi connectivity index (χ1) is 9.17. The van der Waals surface area contributed by atoms with Crippen molar-refractivity contribution in [1.29, 1.82) is 0 Å². The number of para-hydroxylation sites is 1. The number of benzene rings is 1. The quantitative estimate of drug-likeness (QED) is 0.614. The summed E-state index contributed by atoms with van der Waals surface area (Å²) in [6.45, 7) is 10.4. The Kier molecular flexibility index (Phi) is 5.17. The van der Waals surface area contributed by atoms with Crippen LogP contribution in [0.5, 0.6) is 5.75 Å². The minimum atomic E-state index is -2.06. The van der Waals surface area contributed by atoms with Gasteiger partial charge >= 0.3 is 5.97 Å². The zero-order valence-corrected chi connectivity index (χ0v) is 14.2. The lowest BCUT2D eigenvalue weighted by atomic mass is 10.2. The molecule has 1 aromatic carbocycles. The molecule has 110 valence electrons. The van der Waals surface area contributed by atoms with Crippen LogP contribution in [0.25, 0.3) is 6.08 Å². The number of hydrogen-bond donors (Lipinski definition) is 0. The first kappa shape index (κ1) is 16.5. The molecule has 3 nitrogen and oxygen atoms in total. The van der Waals surface area contributed by atoms with E-state index in [9.17, 15) is 4.79 Å². The predicted octanol–water partition coefficient (Wildman–Crippen LogP) is 4.26. The van der Waals surface area contributed by atoms with Gasteiger partial charge < -0.3 is 9.16 Å². The highest BCUT2D eigenvalue weighted by molar-refractivity contribution is 6.75. The minimum Gasteiger partial charge on any atom is -0.516 e. The summed E-state index contributed by atoms with van der Waals surface area (Å²) in [7, 11) is -0.448. The average Bonchev–Trinajstić information content (AvgIpc) is 2.34. The number of carbonyl (C=O) groups excluding carboxylic acids is 1. The predicted molar refractivity (Wildman–Crippen MR) is 85.3 cm³/mol. The molecule has 0 unspecified atom stereocenters.